The smallest absolute Gasteiger partial charge is 0.306 e. The maximum absolute atomic E-state index is 12.9. The summed E-state index contributed by atoms with van der Waals surface area (Å²) in [5, 5.41) is 0. The Morgan fingerprint density at radius 1 is 0.372 bits per heavy atom. The van der Waals surface area contributed by atoms with E-state index in [0.717, 1.165) is 128 Å². The van der Waals surface area contributed by atoms with E-state index in [-0.39, 0.29) is 26.1 Å². The first-order valence-corrected chi connectivity index (χ1v) is 36.0. The Morgan fingerprint density at radius 3 is 0.988 bits per heavy atom. The van der Waals surface area contributed by atoms with Gasteiger partial charge in [-0.2, -0.15) is 0 Å². The molecule has 0 bridgehead atoms. The minimum absolute atomic E-state index is 0.0410. The zero-order chi connectivity index (χ0) is 62.6. The molecule has 10 heteroatoms. The van der Waals surface area contributed by atoms with E-state index in [1.165, 1.54) is 109 Å². The number of likely N-dealkylation sites (N-methyl/N-ethyl adjacent to an activating group) is 1. The molecular formula is C76H128NO8P. The third-order valence-electron chi connectivity index (χ3n) is 14.3. The van der Waals surface area contributed by atoms with E-state index in [4.69, 9.17) is 18.5 Å². The maximum atomic E-state index is 12.9. The Hall–Kier alpha value is -4.11. The molecule has 0 saturated carbocycles. The Morgan fingerprint density at radius 2 is 0.663 bits per heavy atom. The lowest BCUT2D eigenvalue weighted by atomic mass is 10.0. The van der Waals surface area contributed by atoms with Crippen LogP contribution in [0.25, 0.3) is 0 Å². The van der Waals surface area contributed by atoms with Crippen molar-refractivity contribution < 1.29 is 42.1 Å². The molecule has 0 aromatic heterocycles. The van der Waals surface area contributed by atoms with E-state index in [0.29, 0.717) is 17.4 Å². The molecule has 0 radical (unpaired) electrons. The van der Waals surface area contributed by atoms with Gasteiger partial charge in [0.25, 0.3) is 7.82 Å². The van der Waals surface area contributed by atoms with Crippen LogP contribution in [0.3, 0.4) is 0 Å². The predicted molar refractivity (Wildman–Crippen MR) is 369 cm³/mol. The van der Waals surface area contributed by atoms with E-state index in [1.54, 1.807) is 0 Å². The molecule has 0 aliphatic heterocycles. The first-order chi connectivity index (χ1) is 42.0. The number of carbonyl (C=O) groups is 2. The van der Waals surface area contributed by atoms with Gasteiger partial charge in [-0.05, 0) is 122 Å². The summed E-state index contributed by atoms with van der Waals surface area (Å²) in [6.07, 6.45) is 96.3. The van der Waals surface area contributed by atoms with Gasteiger partial charge in [0.15, 0.2) is 6.10 Å². The van der Waals surface area contributed by atoms with Gasteiger partial charge in [0.1, 0.15) is 19.8 Å². The van der Waals surface area contributed by atoms with Crippen molar-refractivity contribution in [2.75, 3.05) is 47.5 Å². The fourth-order valence-electron chi connectivity index (χ4n) is 9.07. The van der Waals surface area contributed by atoms with Crippen molar-refractivity contribution in [2.24, 2.45) is 0 Å². The zero-order valence-corrected chi connectivity index (χ0v) is 56.6. The van der Waals surface area contributed by atoms with E-state index < -0.39 is 32.5 Å². The van der Waals surface area contributed by atoms with Crippen LogP contribution in [0.15, 0.2) is 146 Å². The van der Waals surface area contributed by atoms with Gasteiger partial charge in [-0.25, -0.2) is 0 Å². The van der Waals surface area contributed by atoms with Gasteiger partial charge >= 0.3 is 11.9 Å². The lowest BCUT2D eigenvalue weighted by Gasteiger charge is -2.28. The SMILES string of the molecule is CC/C=C\C/C=C\C/C=C\C/C=C\C/C=C\C/C=C\C/C=C\C/C=C\C/C=C\C/C=C\CCCCCCCCC(=O)OC(COC(=O)CCCCCCCCCCCCCCC/C=C\C/C=C\CCCCCCC)COP(=O)([O-])OCC[N+](C)(C)C. The number of ether oxygens (including phenoxy) is 2. The van der Waals surface area contributed by atoms with Crippen LogP contribution in [0.1, 0.15) is 271 Å². The summed E-state index contributed by atoms with van der Waals surface area (Å²) in [6.45, 7) is 4.10. The number of hydrogen-bond acceptors (Lipinski definition) is 8. The highest BCUT2D eigenvalue weighted by Gasteiger charge is 2.22. The second kappa shape index (κ2) is 65.3. The van der Waals surface area contributed by atoms with Crippen LogP contribution in [-0.2, 0) is 32.7 Å². The molecule has 0 fully saturated rings. The minimum Gasteiger partial charge on any atom is -0.756 e. The molecule has 490 valence electrons. The number of unbranched alkanes of at least 4 members (excludes halogenated alkanes) is 24. The quantitative estimate of drug-likeness (QED) is 0.0195. The zero-order valence-electron chi connectivity index (χ0n) is 55.7. The molecule has 0 aromatic rings. The van der Waals surface area contributed by atoms with Crippen LogP contribution in [-0.4, -0.2) is 70.0 Å². The molecule has 86 heavy (non-hydrogen) atoms. The van der Waals surface area contributed by atoms with Gasteiger partial charge < -0.3 is 27.9 Å². The number of phosphoric ester groups is 1. The van der Waals surface area contributed by atoms with E-state index in [2.05, 4.69) is 160 Å². The molecule has 9 nitrogen and oxygen atoms in total. The molecule has 0 aliphatic rings. The van der Waals surface area contributed by atoms with Gasteiger partial charge in [-0.1, -0.05) is 282 Å². The predicted octanol–water partition coefficient (Wildman–Crippen LogP) is 22.0. The minimum atomic E-state index is -4.66. The van der Waals surface area contributed by atoms with Crippen molar-refractivity contribution in [3.8, 4) is 0 Å². The van der Waals surface area contributed by atoms with Crippen molar-refractivity contribution in [1.29, 1.82) is 0 Å². The monoisotopic (exact) mass is 1210 g/mol. The number of esters is 2. The number of phosphoric acid groups is 1. The molecule has 0 aromatic carbocycles. The van der Waals surface area contributed by atoms with E-state index >= 15 is 0 Å². The summed E-state index contributed by atoms with van der Waals surface area (Å²) in [5.74, 6) is -0.855. The number of rotatable bonds is 62. The number of quaternary nitrogens is 1. The normalized spacial score (nSPS) is 14.1. The molecule has 0 N–H and O–H groups in total. The molecule has 0 heterocycles. The summed E-state index contributed by atoms with van der Waals surface area (Å²) in [7, 11) is 1.14. The first-order valence-electron chi connectivity index (χ1n) is 34.5. The van der Waals surface area contributed by atoms with Crippen LogP contribution in [0.4, 0.5) is 0 Å². The van der Waals surface area contributed by atoms with Crippen LogP contribution in [0.5, 0.6) is 0 Å². The van der Waals surface area contributed by atoms with Gasteiger partial charge in [-0.3, -0.25) is 14.2 Å². The Labute approximate surface area is 529 Å². The fraction of sp³-hybridized carbons (Fsp3) is 0.658. The second-order valence-corrected chi connectivity index (χ2v) is 25.2. The third kappa shape index (κ3) is 69.0. The van der Waals surface area contributed by atoms with Crippen molar-refractivity contribution in [2.45, 2.75) is 277 Å². The van der Waals surface area contributed by atoms with Crippen LogP contribution in [0, 0.1) is 0 Å². The summed E-state index contributed by atoms with van der Waals surface area (Å²) in [5.41, 5.74) is 0. The van der Waals surface area contributed by atoms with Crippen molar-refractivity contribution in [3.05, 3.63) is 146 Å². The largest absolute Gasteiger partial charge is 0.756 e. The Balaban J connectivity index is 4.16. The van der Waals surface area contributed by atoms with Gasteiger partial charge in [0.2, 0.25) is 0 Å². The summed E-state index contributed by atoms with van der Waals surface area (Å²) >= 11 is 0. The summed E-state index contributed by atoms with van der Waals surface area (Å²) in [6, 6.07) is 0. The number of hydrogen-bond donors (Lipinski definition) is 0. The van der Waals surface area contributed by atoms with Gasteiger partial charge in [0, 0.05) is 12.8 Å². The molecule has 0 aliphatic carbocycles. The Bertz CT molecular complexity index is 1960. The molecule has 0 amide bonds. The van der Waals surface area contributed by atoms with E-state index in [1.807, 2.05) is 21.1 Å². The fourth-order valence-corrected chi connectivity index (χ4v) is 9.80. The standard InChI is InChI=1S/C76H128NO8P/c1-6-8-10-12-14-16-18-20-22-24-26-28-30-32-33-34-35-36-37-38-39-40-41-42-43-45-47-49-51-53-55-57-59-61-63-65-67-69-76(79)85-74(73-84-86(80,81)83-71-70-77(3,4)5)72-82-75(78)68-66-64-62-60-58-56-54-52-50-48-46-44-31-29-27-25-23-21-19-17-15-13-11-9-7-2/h8,10,14,16,19-22,25-28,32-33,35-36,38-39,41-42,45,47,51,53,74H,6-7,9,11-13,15,17-18,23-24,29-31,34,37,40,43-44,46,48-50,52,54-73H2,1-5H3/b10-8-,16-14-,21-19-,22-20-,27-25-,28-26-,33-32-,36-35-,39-38-,42-41-,47-45-,53-51-. The van der Waals surface area contributed by atoms with Gasteiger partial charge in [0.05, 0.1) is 27.7 Å². The van der Waals surface area contributed by atoms with E-state index in [9.17, 15) is 19.0 Å². The third-order valence-corrected chi connectivity index (χ3v) is 15.3. The summed E-state index contributed by atoms with van der Waals surface area (Å²) in [4.78, 5) is 38.0. The lowest BCUT2D eigenvalue weighted by Crippen LogP contribution is -2.37. The van der Waals surface area contributed by atoms with Gasteiger partial charge in [-0.15, -0.1) is 0 Å². The van der Waals surface area contributed by atoms with Crippen LogP contribution in [0.2, 0.25) is 0 Å². The summed E-state index contributed by atoms with van der Waals surface area (Å²) < 4.78 is 34.3. The average molecular weight is 1210 g/mol. The first kappa shape index (κ1) is 81.9. The molecular weight excluding hydrogens is 1090 g/mol. The molecule has 0 spiro atoms. The molecule has 0 rings (SSSR count). The average Bonchev–Trinajstić information content (AvgIpc) is 3.67. The number of carbonyl (C=O) groups excluding carboxylic acids is 2. The number of allylic oxidation sites excluding steroid dienone is 24. The van der Waals surface area contributed by atoms with Crippen molar-refractivity contribution in [3.63, 3.8) is 0 Å². The second-order valence-electron chi connectivity index (χ2n) is 23.8. The molecule has 2 atom stereocenters. The number of nitrogens with zero attached hydrogens (tertiary/aromatic N) is 1. The highest BCUT2D eigenvalue weighted by Crippen LogP contribution is 2.38. The topological polar surface area (TPSA) is 111 Å². The lowest BCUT2D eigenvalue weighted by molar-refractivity contribution is -0.870. The van der Waals surface area contributed by atoms with Crippen molar-refractivity contribution in [1.82, 2.24) is 0 Å². The maximum Gasteiger partial charge on any atom is 0.306 e. The highest BCUT2D eigenvalue weighted by molar-refractivity contribution is 7.45. The van der Waals surface area contributed by atoms with Crippen molar-refractivity contribution >= 4 is 19.8 Å². The van der Waals surface area contributed by atoms with Crippen LogP contribution < -0.4 is 4.89 Å². The molecule has 0 saturated heterocycles. The Kier molecular flexibility index (Phi) is 62.2. The van der Waals surface area contributed by atoms with Crippen LogP contribution >= 0.6 is 7.82 Å². The highest BCUT2D eigenvalue weighted by atomic mass is 31.2. The molecule has 2 unspecified atom stereocenters.